The molecular formula is C10H12F2N2. The predicted octanol–water partition coefficient (Wildman–Crippen LogP) is 1.50. The van der Waals surface area contributed by atoms with Crippen LogP contribution in [0.1, 0.15) is 6.42 Å². The van der Waals surface area contributed by atoms with Gasteiger partial charge in [0.05, 0.1) is 0 Å². The highest BCUT2D eigenvalue weighted by Crippen LogP contribution is 2.21. The van der Waals surface area contributed by atoms with Crippen molar-refractivity contribution in [3.63, 3.8) is 0 Å². The van der Waals surface area contributed by atoms with E-state index in [-0.39, 0.29) is 6.04 Å². The molecule has 1 atom stereocenters. The summed E-state index contributed by atoms with van der Waals surface area (Å²) >= 11 is 0. The van der Waals surface area contributed by atoms with E-state index in [1.54, 1.807) is 6.07 Å². The summed E-state index contributed by atoms with van der Waals surface area (Å²) < 4.78 is 25.5. The molecule has 14 heavy (non-hydrogen) atoms. The lowest BCUT2D eigenvalue weighted by Gasteiger charge is -2.17. The summed E-state index contributed by atoms with van der Waals surface area (Å²) in [5, 5.41) is 0. The molecule has 0 saturated carbocycles. The summed E-state index contributed by atoms with van der Waals surface area (Å²) in [6.45, 7) is 1.53. The lowest BCUT2D eigenvalue weighted by atomic mass is 10.3. The molecule has 1 unspecified atom stereocenters. The van der Waals surface area contributed by atoms with Crippen LogP contribution in [-0.2, 0) is 0 Å². The van der Waals surface area contributed by atoms with Gasteiger partial charge in [-0.1, -0.05) is 0 Å². The quantitative estimate of drug-likeness (QED) is 0.741. The maximum Gasteiger partial charge on any atom is 0.160 e. The molecule has 2 rings (SSSR count). The first-order chi connectivity index (χ1) is 6.66. The Morgan fingerprint density at radius 3 is 2.64 bits per heavy atom. The second kappa shape index (κ2) is 3.53. The first-order valence-corrected chi connectivity index (χ1v) is 4.62. The molecule has 1 aromatic rings. The van der Waals surface area contributed by atoms with Gasteiger partial charge in [0.2, 0.25) is 0 Å². The number of hydrogen-bond donors (Lipinski definition) is 1. The number of benzene rings is 1. The molecule has 1 fully saturated rings. The van der Waals surface area contributed by atoms with Crippen LogP contribution >= 0.6 is 0 Å². The van der Waals surface area contributed by atoms with Gasteiger partial charge < -0.3 is 10.6 Å². The van der Waals surface area contributed by atoms with Gasteiger partial charge in [0.15, 0.2) is 11.6 Å². The van der Waals surface area contributed by atoms with Crippen molar-refractivity contribution in [2.75, 3.05) is 18.0 Å². The van der Waals surface area contributed by atoms with Gasteiger partial charge in [-0.05, 0) is 18.6 Å². The van der Waals surface area contributed by atoms with E-state index >= 15 is 0 Å². The van der Waals surface area contributed by atoms with Crippen LogP contribution in [-0.4, -0.2) is 19.1 Å². The van der Waals surface area contributed by atoms with Crippen LogP contribution in [0.2, 0.25) is 0 Å². The average molecular weight is 198 g/mol. The topological polar surface area (TPSA) is 29.3 Å². The Morgan fingerprint density at radius 1 is 1.29 bits per heavy atom. The maximum absolute atomic E-state index is 12.9. The van der Waals surface area contributed by atoms with E-state index in [0.717, 1.165) is 19.0 Å². The zero-order valence-corrected chi connectivity index (χ0v) is 7.71. The van der Waals surface area contributed by atoms with E-state index in [1.807, 2.05) is 4.90 Å². The Labute approximate surface area is 81.3 Å². The van der Waals surface area contributed by atoms with Crippen LogP contribution in [0, 0.1) is 11.6 Å². The monoisotopic (exact) mass is 198 g/mol. The third kappa shape index (κ3) is 1.70. The van der Waals surface area contributed by atoms with Gasteiger partial charge in [0.25, 0.3) is 0 Å². The normalized spacial score (nSPS) is 21.6. The fourth-order valence-corrected chi connectivity index (χ4v) is 1.70. The van der Waals surface area contributed by atoms with Gasteiger partial charge in [0, 0.05) is 30.9 Å². The predicted molar refractivity (Wildman–Crippen MR) is 51.2 cm³/mol. The largest absolute Gasteiger partial charge is 0.370 e. The summed E-state index contributed by atoms with van der Waals surface area (Å²) in [7, 11) is 0. The molecule has 1 saturated heterocycles. The van der Waals surface area contributed by atoms with Crippen LogP contribution < -0.4 is 10.6 Å². The van der Waals surface area contributed by atoms with Crippen molar-refractivity contribution >= 4 is 5.69 Å². The van der Waals surface area contributed by atoms with Crippen molar-refractivity contribution < 1.29 is 8.78 Å². The summed E-state index contributed by atoms with van der Waals surface area (Å²) in [5.74, 6) is -1.61. The molecule has 2 nitrogen and oxygen atoms in total. The second-order valence-electron chi connectivity index (χ2n) is 3.59. The molecule has 0 bridgehead atoms. The Balaban J connectivity index is 2.20. The lowest BCUT2D eigenvalue weighted by Crippen LogP contribution is -2.26. The molecule has 4 heteroatoms. The highest BCUT2D eigenvalue weighted by Gasteiger charge is 2.19. The standard InChI is InChI=1S/C10H12F2N2/c11-9-2-1-8(5-10(9)12)14-4-3-7(13)6-14/h1-2,5,7H,3-4,6,13H2. The molecule has 1 aliphatic heterocycles. The first-order valence-electron chi connectivity index (χ1n) is 4.62. The number of nitrogens with zero attached hydrogens (tertiary/aromatic N) is 1. The van der Waals surface area contributed by atoms with E-state index in [9.17, 15) is 8.78 Å². The van der Waals surface area contributed by atoms with Crippen LogP contribution in [0.3, 0.4) is 0 Å². The Hall–Kier alpha value is -1.16. The highest BCUT2D eigenvalue weighted by molar-refractivity contribution is 5.47. The Kier molecular flexibility index (Phi) is 2.37. The van der Waals surface area contributed by atoms with Gasteiger partial charge in [0.1, 0.15) is 0 Å². The van der Waals surface area contributed by atoms with Crippen molar-refractivity contribution in [1.29, 1.82) is 0 Å². The van der Waals surface area contributed by atoms with Gasteiger partial charge in [-0.15, -0.1) is 0 Å². The summed E-state index contributed by atoms with van der Waals surface area (Å²) in [5.41, 5.74) is 6.43. The van der Waals surface area contributed by atoms with E-state index < -0.39 is 11.6 Å². The van der Waals surface area contributed by atoms with Crippen molar-refractivity contribution in [3.05, 3.63) is 29.8 Å². The summed E-state index contributed by atoms with van der Waals surface area (Å²) in [6, 6.07) is 4.08. The average Bonchev–Trinajstić information content (AvgIpc) is 2.57. The number of halogens is 2. The third-order valence-corrected chi connectivity index (χ3v) is 2.49. The van der Waals surface area contributed by atoms with Crippen LogP contribution in [0.25, 0.3) is 0 Å². The molecule has 0 aliphatic carbocycles. The van der Waals surface area contributed by atoms with Crippen molar-refractivity contribution in [2.45, 2.75) is 12.5 Å². The number of rotatable bonds is 1. The van der Waals surface area contributed by atoms with E-state index in [0.29, 0.717) is 12.2 Å². The van der Waals surface area contributed by atoms with Crippen molar-refractivity contribution in [2.24, 2.45) is 5.73 Å². The lowest BCUT2D eigenvalue weighted by molar-refractivity contribution is 0.508. The number of anilines is 1. The smallest absolute Gasteiger partial charge is 0.160 e. The Morgan fingerprint density at radius 2 is 2.07 bits per heavy atom. The molecular weight excluding hydrogens is 186 g/mol. The minimum absolute atomic E-state index is 0.142. The number of hydrogen-bond acceptors (Lipinski definition) is 2. The zero-order valence-electron chi connectivity index (χ0n) is 7.71. The minimum atomic E-state index is -0.808. The Bertz CT molecular complexity index is 341. The minimum Gasteiger partial charge on any atom is -0.370 e. The van der Waals surface area contributed by atoms with Gasteiger partial charge in [-0.2, -0.15) is 0 Å². The molecule has 0 aromatic heterocycles. The van der Waals surface area contributed by atoms with Gasteiger partial charge in [-0.3, -0.25) is 0 Å². The van der Waals surface area contributed by atoms with Crippen LogP contribution in [0.15, 0.2) is 18.2 Å². The highest BCUT2D eigenvalue weighted by atomic mass is 19.2. The SMILES string of the molecule is NC1CCN(c2ccc(F)c(F)c2)C1. The van der Waals surface area contributed by atoms with Crippen LogP contribution in [0.4, 0.5) is 14.5 Å². The van der Waals surface area contributed by atoms with Crippen molar-refractivity contribution in [1.82, 2.24) is 0 Å². The van der Waals surface area contributed by atoms with E-state index in [2.05, 4.69) is 0 Å². The third-order valence-electron chi connectivity index (χ3n) is 2.49. The van der Waals surface area contributed by atoms with E-state index in [4.69, 9.17) is 5.73 Å². The molecule has 1 aromatic carbocycles. The molecule has 0 amide bonds. The first kappa shape index (κ1) is 9.40. The van der Waals surface area contributed by atoms with Crippen molar-refractivity contribution in [3.8, 4) is 0 Å². The molecule has 2 N–H and O–H groups in total. The van der Waals surface area contributed by atoms with Gasteiger partial charge >= 0.3 is 0 Å². The van der Waals surface area contributed by atoms with E-state index in [1.165, 1.54) is 6.07 Å². The molecule has 1 aliphatic rings. The summed E-state index contributed by atoms with van der Waals surface area (Å²) in [6.07, 6.45) is 0.902. The molecule has 0 spiro atoms. The maximum atomic E-state index is 12.9. The zero-order chi connectivity index (χ0) is 10.1. The molecule has 76 valence electrons. The second-order valence-corrected chi connectivity index (χ2v) is 3.59. The number of nitrogens with two attached hydrogens (primary N) is 1. The molecule has 1 heterocycles. The molecule has 0 radical (unpaired) electrons. The summed E-state index contributed by atoms with van der Waals surface area (Å²) in [4.78, 5) is 1.97. The fourth-order valence-electron chi connectivity index (χ4n) is 1.70. The van der Waals surface area contributed by atoms with Crippen LogP contribution in [0.5, 0.6) is 0 Å². The fraction of sp³-hybridized carbons (Fsp3) is 0.400. The van der Waals surface area contributed by atoms with Gasteiger partial charge in [-0.25, -0.2) is 8.78 Å².